The fourth-order valence-corrected chi connectivity index (χ4v) is 1.17. The molecule has 0 unspecified atom stereocenters. The van der Waals surface area contributed by atoms with E-state index in [1.165, 1.54) is 25.1 Å². The largest absolute Gasteiger partial charge is 0.317 e. The first-order valence-corrected chi connectivity index (χ1v) is 5.00. The van der Waals surface area contributed by atoms with E-state index in [2.05, 4.69) is 18.5 Å². The molecule has 1 nitrogen and oxygen atoms in total. The van der Waals surface area contributed by atoms with E-state index in [-0.39, 0.29) is 0 Å². The molecule has 0 atom stereocenters. The van der Waals surface area contributed by atoms with Gasteiger partial charge in [-0.1, -0.05) is 6.92 Å². The van der Waals surface area contributed by atoms with Crippen molar-refractivity contribution in [2.24, 2.45) is 0 Å². The van der Waals surface area contributed by atoms with Crippen LogP contribution in [0.1, 0.15) is 19.8 Å². The summed E-state index contributed by atoms with van der Waals surface area (Å²) in [5.41, 5.74) is 0. The van der Waals surface area contributed by atoms with Gasteiger partial charge in [-0.15, -0.1) is 0 Å². The summed E-state index contributed by atoms with van der Waals surface area (Å²) >= 11 is 1.93. The summed E-state index contributed by atoms with van der Waals surface area (Å²) in [6.07, 6.45) is 4.84. The number of rotatable bonds is 6. The molecule has 9 heavy (non-hydrogen) atoms. The van der Waals surface area contributed by atoms with Crippen molar-refractivity contribution >= 4 is 11.8 Å². The molecule has 0 aliphatic rings. The zero-order chi connectivity index (χ0) is 6.95. The highest BCUT2D eigenvalue weighted by molar-refractivity contribution is 7.98. The van der Waals surface area contributed by atoms with Gasteiger partial charge in [0.15, 0.2) is 0 Å². The molecule has 0 aromatic carbocycles. The minimum Gasteiger partial charge on any atom is -0.317 e. The van der Waals surface area contributed by atoms with Crippen molar-refractivity contribution in [2.45, 2.75) is 19.8 Å². The van der Waals surface area contributed by atoms with Gasteiger partial charge in [-0.05, 0) is 37.9 Å². The Bertz CT molecular complexity index is 42.2. The van der Waals surface area contributed by atoms with E-state index < -0.39 is 0 Å². The van der Waals surface area contributed by atoms with E-state index in [1.54, 1.807) is 0 Å². The lowest BCUT2D eigenvalue weighted by Crippen LogP contribution is -2.13. The average molecular weight is 147 g/mol. The summed E-state index contributed by atoms with van der Waals surface area (Å²) in [6, 6.07) is 0. The Labute approximate surface area is 62.6 Å². The molecule has 0 heterocycles. The van der Waals surface area contributed by atoms with Crippen molar-refractivity contribution in [1.29, 1.82) is 0 Å². The molecule has 0 fully saturated rings. The fourth-order valence-electron chi connectivity index (χ4n) is 0.673. The van der Waals surface area contributed by atoms with Gasteiger partial charge in [0.05, 0.1) is 0 Å². The summed E-state index contributed by atoms with van der Waals surface area (Å²) in [7, 11) is 0. The van der Waals surface area contributed by atoms with Gasteiger partial charge in [-0.2, -0.15) is 11.8 Å². The Morgan fingerprint density at radius 1 is 1.33 bits per heavy atom. The molecule has 0 saturated heterocycles. The van der Waals surface area contributed by atoms with E-state index >= 15 is 0 Å². The fraction of sp³-hybridized carbons (Fsp3) is 1.00. The first-order chi connectivity index (χ1) is 4.41. The van der Waals surface area contributed by atoms with Crippen LogP contribution in [0.4, 0.5) is 0 Å². The summed E-state index contributed by atoms with van der Waals surface area (Å²) in [6.45, 7) is 4.45. The third-order valence-corrected chi connectivity index (χ3v) is 1.90. The molecule has 0 aliphatic heterocycles. The Kier molecular flexibility index (Phi) is 8.60. The summed E-state index contributed by atoms with van der Waals surface area (Å²) in [4.78, 5) is 0. The summed E-state index contributed by atoms with van der Waals surface area (Å²) in [5, 5.41) is 3.30. The molecule has 0 rings (SSSR count). The zero-order valence-corrected chi connectivity index (χ0v) is 7.26. The van der Waals surface area contributed by atoms with Crippen LogP contribution in [0.5, 0.6) is 0 Å². The van der Waals surface area contributed by atoms with Crippen molar-refractivity contribution < 1.29 is 0 Å². The SMILES string of the molecule is CCNCCCCSC. The van der Waals surface area contributed by atoms with Gasteiger partial charge in [0, 0.05) is 0 Å². The smallest absolute Gasteiger partial charge is 0.00487 e. The number of unbranched alkanes of at least 4 members (excludes halogenated alkanes) is 1. The third kappa shape index (κ3) is 8.31. The maximum Gasteiger partial charge on any atom is -0.00487 e. The molecule has 0 bridgehead atoms. The van der Waals surface area contributed by atoms with Crippen LogP contribution in [0.3, 0.4) is 0 Å². The van der Waals surface area contributed by atoms with Crippen molar-refractivity contribution in [2.75, 3.05) is 25.1 Å². The van der Waals surface area contributed by atoms with Crippen molar-refractivity contribution in [3.05, 3.63) is 0 Å². The van der Waals surface area contributed by atoms with Crippen LogP contribution in [-0.4, -0.2) is 25.1 Å². The highest BCUT2D eigenvalue weighted by Gasteiger charge is 1.84. The monoisotopic (exact) mass is 147 g/mol. The first-order valence-electron chi connectivity index (χ1n) is 3.61. The van der Waals surface area contributed by atoms with Gasteiger partial charge < -0.3 is 5.32 Å². The molecular weight excluding hydrogens is 130 g/mol. The lowest BCUT2D eigenvalue weighted by molar-refractivity contribution is 0.666. The number of thioether (sulfide) groups is 1. The molecule has 1 N–H and O–H groups in total. The van der Waals surface area contributed by atoms with Gasteiger partial charge in [-0.25, -0.2) is 0 Å². The van der Waals surface area contributed by atoms with E-state index in [1.807, 2.05) is 11.8 Å². The zero-order valence-electron chi connectivity index (χ0n) is 6.44. The van der Waals surface area contributed by atoms with Crippen LogP contribution in [0.2, 0.25) is 0 Å². The lowest BCUT2D eigenvalue weighted by atomic mass is 10.3. The third-order valence-electron chi connectivity index (χ3n) is 1.20. The standard InChI is InChI=1S/C7H17NS/c1-3-8-6-4-5-7-9-2/h8H,3-7H2,1-2H3. The van der Waals surface area contributed by atoms with Crippen molar-refractivity contribution in [3.8, 4) is 0 Å². The van der Waals surface area contributed by atoms with Crippen molar-refractivity contribution in [3.63, 3.8) is 0 Å². The van der Waals surface area contributed by atoms with Gasteiger partial charge in [-0.3, -0.25) is 0 Å². The minimum absolute atomic E-state index is 1.11. The molecule has 0 amide bonds. The van der Waals surface area contributed by atoms with E-state index in [0.29, 0.717) is 0 Å². The van der Waals surface area contributed by atoms with Crippen LogP contribution in [0, 0.1) is 0 Å². The Balaban J connectivity index is 2.60. The van der Waals surface area contributed by atoms with Crippen molar-refractivity contribution in [1.82, 2.24) is 5.32 Å². The van der Waals surface area contributed by atoms with E-state index in [4.69, 9.17) is 0 Å². The average Bonchev–Trinajstić information content (AvgIpc) is 1.89. The highest BCUT2D eigenvalue weighted by Crippen LogP contribution is 1.97. The number of nitrogens with one attached hydrogen (secondary N) is 1. The first kappa shape index (κ1) is 9.31. The van der Waals surface area contributed by atoms with E-state index in [0.717, 1.165) is 6.54 Å². The van der Waals surface area contributed by atoms with Crippen LogP contribution in [0.15, 0.2) is 0 Å². The molecule has 0 saturated carbocycles. The summed E-state index contributed by atoms with van der Waals surface area (Å²) < 4.78 is 0. The molecule has 0 radical (unpaired) electrons. The van der Waals surface area contributed by atoms with Crippen LogP contribution >= 0.6 is 11.8 Å². The van der Waals surface area contributed by atoms with Gasteiger partial charge in [0.2, 0.25) is 0 Å². The van der Waals surface area contributed by atoms with Crippen LogP contribution in [0.25, 0.3) is 0 Å². The second-order valence-electron chi connectivity index (χ2n) is 2.05. The molecule has 0 aromatic heterocycles. The minimum atomic E-state index is 1.11. The Hall–Kier alpha value is 0.310. The molecule has 0 spiro atoms. The Morgan fingerprint density at radius 3 is 2.67 bits per heavy atom. The molecular formula is C7H17NS. The lowest BCUT2D eigenvalue weighted by Gasteiger charge is -1.98. The predicted molar refractivity (Wildman–Crippen MR) is 46.2 cm³/mol. The predicted octanol–water partition coefficient (Wildman–Crippen LogP) is 1.74. The molecule has 0 aliphatic carbocycles. The van der Waals surface area contributed by atoms with Crippen LogP contribution < -0.4 is 5.32 Å². The highest BCUT2D eigenvalue weighted by atomic mass is 32.2. The number of hydrogen-bond donors (Lipinski definition) is 1. The molecule has 0 aromatic rings. The van der Waals surface area contributed by atoms with E-state index in [9.17, 15) is 0 Å². The second-order valence-corrected chi connectivity index (χ2v) is 3.04. The quantitative estimate of drug-likeness (QED) is 0.574. The van der Waals surface area contributed by atoms with Gasteiger partial charge in [0.1, 0.15) is 0 Å². The van der Waals surface area contributed by atoms with Crippen LogP contribution in [-0.2, 0) is 0 Å². The maximum absolute atomic E-state index is 3.30. The molecule has 56 valence electrons. The maximum atomic E-state index is 3.30. The van der Waals surface area contributed by atoms with Gasteiger partial charge >= 0.3 is 0 Å². The number of hydrogen-bond acceptors (Lipinski definition) is 2. The Morgan fingerprint density at radius 2 is 2.11 bits per heavy atom. The van der Waals surface area contributed by atoms with Gasteiger partial charge in [0.25, 0.3) is 0 Å². The second kappa shape index (κ2) is 8.31. The molecule has 2 heteroatoms. The topological polar surface area (TPSA) is 12.0 Å². The summed E-state index contributed by atoms with van der Waals surface area (Å²) in [5.74, 6) is 1.31. The normalized spacial score (nSPS) is 10.0.